The van der Waals surface area contributed by atoms with Crippen LogP contribution in [0.1, 0.15) is 0 Å². The van der Waals surface area contributed by atoms with Crippen LogP contribution in [0.15, 0.2) is 86.9 Å². The SMILES string of the molecule is Brc1cc(Nc2cc(Br)c(-c3c(Br)c(Br)c(Br)c(Br)c3Br)c(Br)c2)cc(Br)c1-c1c(Br)c(Br)c(Br)c(Br)c1Br. The van der Waals surface area contributed by atoms with Crippen molar-refractivity contribution in [3.05, 3.63) is 86.9 Å². The third kappa shape index (κ3) is 7.06. The van der Waals surface area contributed by atoms with Crippen LogP contribution in [0.5, 0.6) is 0 Å². The molecule has 0 aliphatic heterocycles. The summed E-state index contributed by atoms with van der Waals surface area (Å²) < 4.78 is 12.8. The van der Waals surface area contributed by atoms with E-state index in [0.717, 1.165) is 96.2 Å². The Morgan fingerprint density at radius 2 is 0.487 bits per heavy atom. The van der Waals surface area contributed by atoms with Gasteiger partial charge in [0.1, 0.15) is 0 Å². The predicted octanol–water partition coefficient (Wildman–Crippen LogP) is 17.4. The van der Waals surface area contributed by atoms with Crippen molar-refractivity contribution < 1.29 is 0 Å². The zero-order valence-corrected chi connectivity index (χ0v) is 40.3. The van der Waals surface area contributed by atoms with Crippen LogP contribution in [0.2, 0.25) is 0 Å². The maximum Gasteiger partial charge on any atom is 0.0482 e. The average Bonchev–Trinajstić information content (AvgIpc) is 2.87. The highest BCUT2D eigenvalue weighted by atomic mass is 79.9. The Morgan fingerprint density at radius 1 is 0.282 bits per heavy atom. The second kappa shape index (κ2) is 14.4. The zero-order chi connectivity index (χ0) is 29.1. The van der Waals surface area contributed by atoms with E-state index in [1.807, 2.05) is 0 Å². The highest BCUT2D eigenvalue weighted by molar-refractivity contribution is 9.16. The third-order valence-electron chi connectivity index (χ3n) is 5.29. The molecule has 0 atom stereocenters. The Labute approximate surface area is 342 Å². The summed E-state index contributed by atoms with van der Waals surface area (Å²) in [4.78, 5) is 0. The van der Waals surface area contributed by atoms with Gasteiger partial charge in [-0.05, 0) is 184 Å². The molecule has 0 amide bonds. The molecular formula is C24H5Br14N. The minimum atomic E-state index is 0.906. The molecule has 15 heteroatoms. The van der Waals surface area contributed by atoms with Crippen molar-refractivity contribution in [3.8, 4) is 22.3 Å². The first-order valence-electron chi connectivity index (χ1n) is 9.96. The van der Waals surface area contributed by atoms with E-state index in [9.17, 15) is 0 Å². The van der Waals surface area contributed by atoms with Crippen LogP contribution >= 0.6 is 223 Å². The topological polar surface area (TPSA) is 12.0 Å². The molecule has 0 bridgehead atoms. The number of nitrogens with one attached hydrogen (secondary N) is 1. The van der Waals surface area contributed by atoms with Crippen molar-refractivity contribution in [2.45, 2.75) is 0 Å². The van der Waals surface area contributed by atoms with E-state index >= 15 is 0 Å². The second-order valence-electron chi connectivity index (χ2n) is 7.64. The lowest BCUT2D eigenvalue weighted by Crippen LogP contribution is -1.96. The summed E-state index contributed by atoms with van der Waals surface area (Å²) in [6, 6.07) is 8.20. The predicted molar refractivity (Wildman–Crippen MR) is 215 cm³/mol. The Balaban J connectivity index is 1.78. The lowest BCUT2D eigenvalue weighted by Gasteiger charge is -2.19. The van der Waals surface area contributed by atoms with Crippen molar-refractivity contribution in [3.63, 3.8) is 0 Å². The summed E-state index contributed by atoms with van der Waals surface area (Å²) in [5, 5.41) is 3.53. The van der Waals surface area contributed by atoms with Crippen molar-refractivity contribution in [2.24, 2.45) is 0 Å². The van der Waals surface area contributed by atoms with E-state index < -0.39 is 0 Å². The summed E-state index contributed by atoms with van der Waals surface area (Å²) in [5.41, 5.74) is 5.77. The van der Waals surface area contributed by atoms with Gasteiger partial charge in [-0.3, -0.25) is 0 Å². The maximum absolute atomic E-state index is 3.79. The first-order valence-corrected chi connectivity index (χ1v) is 21.1. The normalized spacial score (nSPS) is 11.3. The van der Waals surface area contributed by atoms with Crippen molar-refractivity contribution in [1.29, 1.82) is 0 Å². The smallest absolute Gasteiger partial charge is 0.0482 e. The van der Waals surface area contributed by atoms with E-state index in [0.29, 0.717) is 0 Å². The fourth-order valence-electron chi connectivity index (χ4n) is 3.58. The molecule has 204 valence electrons. The molecular weight excluding hydrogens is 1420 g/mol. The fraction of sp³-hybridized carbons (Fsp3) is 0. The van der Waals surface area contributed by atoms with Gasteiger partial charge in [-0.2, -0.15) is 0 Å². The molecule has 4 rings (SSSR count). The summed E-state index contributed by atoms with van der Waals surface area (Å²) in [6.07, 6.45) is 0. The van der Waals surface area contributed by atoms with Crippen LogP contribution in [0.25, 0.3) is 22.3 Å². The Morgan fingerprint density at radius 3 is 0.718 bits per heavy atom. The van der Waals surface area contributed by atoms with E-state index in [4.69, 9.17) is 0 Å². The zero-order valence-electron chi connectivity index (χ0n) is 18.1. The van der Waals surface area contributed by atoms with Gasteiger partial charge < -0.3 is 5.32 Å². The molecule has 1 N–H and O–H groups in total. The molecule has 0 heterocycles. The van der Waals surface area contributed by atoms with Crippen molar-refractivity contribution >= 4 is 234 Å². The van der Waals surface area contributed by atoms with E-state index in [2.05, 4.69) is 253 Å². The highest BCUT2D eigenvalue weighted by Crippen LogP contribution is 2.54. The Kier molecular flexibility index (Phi) is 13.1. The minimum absolute atomic E-state index is 0.906. The van der Waals surface area contributed by atoms with Crippen LogP contribution in [0, 0.1) is 0 Å². The molecule has 4 aromatic rings. The van der Waals surface area contributed by atoms with Crippen LogP contribution < -0.4 is 5.32 Å². The van der Waals surface area contributed by atoms with Gasteiger partial charge in [-0.15, -0.1) is 0 Å². The molecule has 39 heavy (non-hydrogen) atoms. The standard InChI is InChI=1S/C24H5Br14N/c25-7-1-5(2-8(26)11(7)13-15(29)19(33)23(37)20(34)16(13)30)39-6-3-9(27)12(10(28)4-6)14-17(31)21(35)24(38)22(36)18(14)32/h1-4,39H. The number of benzene rings is 4. The van der Waals surface area contributed by atoms with Gasteiger partial charge in [-0.1, -0.05) is 63.7 Å². The summed E-state index contributed by atoms with van der Waals surface area (Å²) in [7, 11) is 0. The van der Waals surface area contributed by atoms with Gasteiger partial charge >= 0.3 is 0 Å². The number of anilines is 2. The molecule has 0 aliphatic carbocycles. The first kappa shape index (κ1) is 35.3. The van der Waals surface area contributed by atoms with Gasteiger partial charge in [0.05, 0.1) is 0 Å². The Hall–Kier alpha value is 3.40. The van der Waals surface area contributed by atoms with Crippen molar-refractivity contribution in [2.75, 3.05) is 5.32 Å². The van der Waals surface area contributed by atoms with E-state index in [1.165, 1.54) is 0 Å². The first-order chi connectivity index (χ1) is 18.2. The molecule has 0 saturated heterocycles. The number of hydrogen-bond acceptors (Lipinski definition) is 1. The number of halogens is 14. The molecule has 0 spiro atoms. The third-order valence-corrected chi connectivity index (χ3v) is 20.0. The number of rotatable bonds is 4. The summed E-state index contributed by atoms with van der Waals surface area (Å²) in [5.74, 6) is 0. The second-order valence-corrected chi connectivity index (χ2v) is 19.0. The molecule has 0 unspecified atom stereocenters. The molecule has 0 aliphatic rings. The molecule has 4 aromatic carbocycles. The molecule has 1 nitrogen and oxygen atoms in total. The van der Waals surface area contributed by atoms with Crippen LogP contribution in [-0.2, 0) is 0 Å². The quantitative estimate of drug-likeness (QED) is 0.159. The monoisotopic (exact) mass is 1410 g/mol. The lowest BCUT2D eigenvalue weighted by atomic mass is 10.0. The lowest BCUT2D eigenvalue weighted by molar-refractivity contribution is 1.41. The van der Waals surface area contributed by atoms with Gasteiger partial charge in [0.25, 0.3) is 0 Å². The molecule has 0 saturated carbocycles. The van der Waals surface area contributed by atoms with Gasteiger partial charge in [-0.25, -0.2) is 0 Å². The fourth-order valence-corrected chi connectivity index (χ4v) is 13.6. The minimum Gasteiger partial charge on any atom is -0.355 e. The number of hydrogen-bond donors (Lipinski definition) is 1. The maximum atomic E-state index is 3.79. The van der Waals surface area contributed by atoms with Gasteiger partial charge in [0, 0.05) is 96.2 Å². The summed E-state index contributed by atoms with van der Waals surface area (Å²) >= 11 is 52.1. The highest BCUT2D eigenvalue weighted by Gasteiger charge is 2.24. The van der Waals surface area contributed by atoms with E-state index in [1.54, 1.807) is 0 Å². The van der Waals surface area contributed by atoms with E-state index in [-0.39, 0.29) is 0 Å². The average molecular weight is 1430 g/mol. The summed E-state index contributed by atoms with van der Waals surface area (Å²) in [6.45, 7) is 0. The van der Waals surface area contributed by atoms with Gasteiger partial charge in [0.2, 0.25) is 0 Å². The van der Waals surface area contributed by atoms with Gasteiger partial charge in [0.15, 0.2) is 0 Å². The molecule has 0 fully saturated rings. The molecule has 0 radical (unpaired) electrons. The van der Waals surface area contributed by atoms with Crippen LogP contribution in [-0.4, -0.2) is 0 Å². The van der Waals surface area contributed by atoms with Crippen LogP contribution in [0.4, 0.5) is 11.4 Å². The molecule has 0 aromatic heterocycles. The van der Waals surface area contributed by atoms with Crippen molar-refractivity contribution in [1.82, 2.24) is 0 Å². The largest absolute Gasteiger partial charge is 0.355 e. The van der Waals surface area contributed by atoms with Crippen LogP contribution in [0.3, 0.4) is 0 Å². The Bertz CT molecular complexity index is 1450.